The van der Waals surface area contributed by atoms with E-state index in [0.29, 0.717) is 11.4 Å². The Morgan fingerprint density at radius 1 is 1.50 bits per heavy atom. The minimum absolute atomic E-state index is 0.100. The topological polar surface area (TPSA) is 91.5 Å². The Labute approximate surface area is 123 Å². The molecule has 0 unspecified atom stereocenters. The first-order chi connectivity index (χ1) is 9.55. The van der Waals surface area contributed by atoms with Crippen LogP contribution in [0.1, 0.15) is 36.4 Å². The summed E-state index contributed by atoms with van der Waals surface area (Å²) in [6, 6.07) is 0. The van der Waals surface area contributed by atoms with Crippen molar-refractivity contribution in [2.75, 3.05) is 36.9 Å². The first-order valence-electron chi connectivity index (χ1n) is 6.95. The molecule has 0 bridgehead atoms. The Hall–Kier alpha value is -1.34. The van der Waals surface area contributed by atoms with E-state index in [4.69, 9.17) is 5.73 Å². The number of thiazole rings is 1. The number of aliphatic hydroxyl groups is 1. The molecule has 20 heavy (non-hydrogen) atoms. The molecule has 1 fully saturated rings. The number of aromatic nitrogens is 1. The Morgan fingerprint density at radius 2 is 2.15 bits per heavy atom. The van der Waals surface area contributed by atoms with Crippen molar-refractivity contribution >= 4 is 28.2 Å². The lowest BCUT2D eigenvalue weighted by Crippen LogP contribution is -2.31. The maximum atomic E-state index is 12.1. The van der Waals surface area contributed by atoms with Gasteiger partial charge in [-0.2, -0.15) is 0 Å². The van der Waals surface area contributed by atoms with E-state index >= 15 is 0 Å². The molecule has 112 valence electrons. The molecule has 1 aromatic rings. The number of hydrogen-bond donors (Lipinski definition) is 3. The maximum absolute atomic E-state index is 12.1. The summed E-state index contributed by atoms with van der Waals surface area (Å²) >= 11 is 1.32. The minimum atomic E-state index is -0.196. The fourth-order valence-corrected chi connectivity index (χ4v) is 3.06. The van der Waals surface area contributed by atoms with Gasteiger partial charge in [-0.15, -0.1) is 0 Å². The minimum Gasteiger partial charge on any atom is -0.396 e. The molecule has 0 spiro atoms. The van der Waals surface area contributed by atoms with Gasteiger partial charge in [0, 0.05) is 25.0 Å². The van der Waals surface area contributed by atoms with Crippen LogP contribution in [0.5, 0.6) is 0 Å². The zero-order valence-electron chi connectivity index (χ0n) is 12.0. The van der Waals surface area contributed by atoms with E-state index in [1.54, 1.807) is 0 Å². The summed E-state index contributed by atoms with van der Waals surface area (Å²) < 4.78 is 0. The van der Waals surface area contributed by atoms with Crippen LogP contribution in [0.25, 0.3) is 0 Å². The Morgan fingerprint density at radius 3 is 2.65 bits per heavy atom. The van der Waals surface area contributed by atoms with E-state index in [1.165, 1.54) is 11.3 Å². The van der Waals surface area contributed by atoms with Crippen molar-refractivity contribution < 1.29 is 9.90 Å². The highest BCUT2D eigenvalue weighted by molar-refractivity contribution is 7.18. The Balaban J connectivity index is 2.02. The van der Waals surface area contributed by atoms with E-state index < -0.39 is 0 Å². The average molecular weight is 298 g/mol. The van der Waals surface area contributed by atoms with Crippen LogP contribution in [0, 0.1) is 5.41 Å². The number of aliphatic hydroxyl groups excluding tert-OH is 1. The van der Waals surface area contributed by atoms with E-state index in [9.17, 15) is 9.90 Å². The van der Waals surface area contributed by atoms with Crippen LogP contribution in [-0.2, 0) is 0 Å². The largest absolute Gasteiger partial charge is 0.396 e. The summed E-state index contributed by atoms with van der Waals surface area (Å²) in [5.74, 6) is 0.0846. The van der Waals surface area contributed by atoms with Gasteiger partial charge in [0.05, 0.1) is 6.61 Å². The van der Waals surface area contributed by atoms with Crippen molar-refractivity contribution in [3.63, 3.8) is 0 Å². The Kier molecular flexibility index (Phi) is 4.49. The molecule has 1 saturated carbocycles. The number of carbonyl (C=O) groups is 1. The van der Waals surface area contributed by atoms with Crippen molar-refractivity contribution in [1.82, 2.24) is 10.3 Å². The zero-order chi connectivity index (χ0) is 14.8. The molecule has 0 atom stereocenters. The SMILES string of the molecule is CCN(CC)c1nc(N)c(C(=O)NCC2(CO)CC2)s1. The number of amides is 1. The van der Waals surface area contributed by atoms with Gasteiger partial charge in [-0.05, 0) is 26.7 Å². The summed E-state index contributed by atoms with van der Waals surface area (Å²) in [7, 11) is 0. The first kappa shape index (κ1) is 15.1. The summed E-state index contributed by atoms with van der Waals surface area (Å²) in [6.07, 6.45) is 1.93. The second kappa shape index (κ2) is 5.97. The summed E-state index contributed by atoms with van der Waals surface area (Å²) in [4.78, 5) is 18.9. The summed E-state index contributed by atoms with van der Waals surface area (Å²) in [5.41, 5.74) is 5.74. The highest BCUT2D eigenvalue weighted by Crippen LogP contribution is 2.44. The van der Waals surface area contributed by atoms with E-state index in [-0.39, 0.29) is 23.7 Å². The molecular weight excluding hydrogens is 276 g/mol. The molecule has 1 aliphatic carbocycles. The quantitative estimate of drug-likeness (QED) is 0.700. The lowest BCUT2D eigenvalue weighted by atomic mass is 10.1. The molecule has 1 aromatic heterocycles. The van der Waals surface area contributed by atoms with E-state index in [1.807, 2.05) is 13.8 Å². The van der Waals surface area contributed by atoms with Gasteiger partial charge in [-0.25, -0.2) is 4.98 Å². The molecule has 4 N–H and O–H groups in total. The van der Waals surface area contributed by atoms with Gasteiger partial charge in [-0.3, -0.25) is 4.79 Å². The predicted molar refractivity (Wildman–Crippen MR) is 81.2 cm³/mol. The number of hydrogen-bond acceptors (Lipinski definition) is 6. The van der Waals surface area contributed by atoms with Gasteiger partial charge in [0.1, 0.15) is 10.7 Å². The van der Waals surface area contributed by atoms with Crippen LogP contribution in [0.15, 0.2) is 0 Å². The molecule has 0 aliphatic heterocycles. The molecule has 1 heterocycles. The van der Waals surface area contributed by atoms with Crippen LogP contribution in [0.3, 0.4) is 0 Å². The third kappa shape index (κ3) is 3.04. The third-order valence-corrected chi connectivity index (χ3v) is 4.93. The third-order valence-electron chi connectivity index (χ3n) is 3.80. The summed E-state index contributed by atoms with van der Waals surface area (Å²) in [6.45, 7) is 6.37. The van der Waals surface area contributed by atoms with Crippen molar-refractivity contribution in [3.05, 3.63) is 4.88 Å². The van der Waals surface area contributed by atoms with Gasteiger partial charge >= 0.3 is 0 Å². The molecular formula is C13H22N4O2S. The lowest BCUT2D eigenvalue weighted by molar-refractivity contribution is 0.0940. The highest BCUT2D eigenvalue weighted by atomic mass is 32.1. The average Bonchev–Trinajstić information content (AvgIpc) is 3.14. The highest BCUT2D eigenvalue weighted by Gasteiger charge is 2.42. The van der Waals surface area contributed by atoms with Crippen LogP contribution in [0.4, 0.5) is 10.9 Å². The fraction of sp³-hybridized carbons (Fsp3) is 0.692. The number of nitrogen functional groups attached to an aromatic ring is 1. The fourth-order valence-electron chi connectivity index (χ4n) is 2.03. The van der Waals surface area contributed by atoms with Crippen molar-refractivity contribution in [3.8, 4) is 0 Å². The van der Waals surface area contributed by atoms with Crippen LogP contribution >= 0.6 is 11.3 Å². The first-order valence-corrected chi connectivity index (χ1v) is 7.77. The molecule has 2 rings (SSSR count). The normalized spacial score (nSPS) is 15.9. The molecule has 1 amide bonds. The number of rotatable bonds is 7. The lowest BCUT2D eigenvalue weighted by Gasteiger charge is -2.16. The Bertz CT molecular complexity index is 481. The maximum Gasteiger partial charge on any atom is 0.265 e. The van der Waals surface area contributed by atoms with Gasteiger partial charge in [0.2, 0.25) is 0 Å². The molecule has 0 radical (unpaired) electrons. The van der Waals surface area contributed by atoms with Crippen LogP contribution in [0.2, 0.25) is 0 Å². The standard InChI is InChI=1S/C13H22N4O2S/c1-3-17(4-2)12-16-10(14)9(20-12)11(19)15-7-13(8-18)5-6-13/h18H,3-8,14H2,1-2H3,(H,15,19). The predicted octanol–water partition coefficient (Wildman–Crippen LogP) is 1.07. The number of nitrogens with zero attached hydrogens (tertiary/aromatic N) is 2. The molecule has 0 aromatic carbocycles. The molecule has 1 aliphatic rings. The zero-order valence-corrected chi connectivity index (χ0v) is 12.8. The van der Waals surface area contributed by atoms with Crippen LogP contribution in [-0.4, -0.2) is 42.2 Å². The van der Waals surface area contributed by atoms with Gasteiger partial charge in [0.15, 0.2) is 5.13 Å². The number of anilines is 2. The second-order valence-electron chi connectivity index (χ2n) is 5.22. The second-order valence-corrected chi connectivity index (χ2v) is 6.20. The smallest absolute Gasteiger partial charge is 0.265 e. The van der Waals surface area contributed by atoms with E-state index in [0.717, 1.165) is 31.1 Å². The monoisotopic (exact) mass is 298 g/mol. The van der Waals surface area contributed by atoms with Gasteiger partial charge in [0.25, 0.3) is 5.91 Å². The molecule has 7 heteroatoms. The number of nitrogens with two attached hydrogens (primary N) is 1. The number of nitrogens with one attached hydrogen (secondary N) is 1. The molecule has 6 nitrogen and oxygen atoms in total. The van der Waals surface area contributed by atoms with Crippen molar-refractivity contribution in [1.29, 1.82) is 0 Å². The van der Waals surface area contributed by atoms with Crippen LogP contribution < -0.4 is 16.0 Å². The number of carbonyl (C=O) groups excluding carboxylic acids is 1. The van der Waals surface area contributed by atoms with E-state index in [2.05, 4.69) is 15.2 Å². The van der Waals surface area contributed by atoms with Gasteiger partial charge < -0.3 is 21.1 Å². The van der Waals surface area contributed by atoms with Crippen molar-refractivity contribution in [2.24, 2.45) is 5.41 Å². The molecule has 0 saturated heterocycles. The van der Waals surface area contributed by atoms with Crippen molar-refractivity contribution in [2.45, 2.75) is 26.7 Å². The van der Waals surface area contributed by atoms with Gasteiger partial charge in [-0.1, -0.05) is 11.3 Å². The summed E-state index contributed by atoms with van der Waals surface area (Å²) in [5, 5.41) is 12.9.